The summed E-state index contributed by atoms with van der Waals surface area (Å²) in [5, 5.41) is 19.8. The molecule has 37 heavy (non-hydrogen) atoms. The molecule has 0 amide bonds. The second-order valence-corrected chi connectivity index (χ2v) is 10.2. The Labute approximate surface area is 220 Å². The third-order valence-electron chi connectivity index (χ3n) is 4.90. The van der Waals surface area contributed by atoms with Gasteiger partial charge in [0.1, 0.15) is 29.6 Å². The number of carbonyl (C=O) groups excluding carboxylic acids is 1. The smallest absolute Gasteiger partial charge is 0.293 e. The number of fused-ring (bicyclic) bond motifs is 1. The summed E-state index contributed by atoms with van der Waals surface area (Å²) in [6.45, 7) is 13.2. The Balaban J connectivity index is 0.000000379. The zero-order chi connectivity index (χ0) is 28.1. The molecule has 2 aliphatic rings. The summed E-state index contributed by atoms with van der Waals surface area (Å²) in [4.78, 5) is 20.4. The highest BCUT2D eigenvalue weighted by atomic mass is 16.5. The first-order valence-electron chi connectivity index (χ1n) is 12.5. The van der Waals surface area contributed by atoms with E-state index in [1.54, 1.807) is 0 Å². The van der Waals surface area contributed by atoms with Gasteiger partial charge in [-0.2, -0.15) is 0 Å². The summed E-state index contributed by atoms with van der Waals surface area (Å²) < 4.78 is 18.3. The molecule has 212 valence electrons. The average Bonchev–Trinajstić information content (AvgIpc) is 3.41. The lowest BCUT2D eigenvalue weighted by Gasteiger charge is -2.29. The molecule has 0 aromatic carbocycles. The Morgan fingerprint density at radius 2 is 1.76 bits per heavy atom. The monoisotopic (exact) mass is 526 g/mol. The van der Waals surface area contributed by atoms with Crippen molar-refractivity contribution in [3.05, 3.63) is 18.6 Å². The molecule has 0 radical (unpaired) electrons. The summed E-state index contributed by atoms with van der Waals surface area (Å²) in [6.07, 6.45) is 5.90. The van der Waals surface area contributed by atoms with Gasteiger partial charge in [0.2, 0.25) is 0 Å². The topological polar surface area (TPSA) is 157 Å². The van der Waals surface area contributed by atoms with Crippen LogP contribution in [0.5, 0.6) is 0 Å². The number of morpholine rings is 1. The van der Waals surface area contributed by atoms with Crippen LogP contribution in [0, 0.1) is 0 Å². The highest BCUT2D eigenvalue weighted by Gasteiger charge is 2.29. The van der Waals surface area contributed by atoms with Gasteiger partial charge in [-0.05, 0) is 67.6 Å². The summed E-state index contributed by atoms with van der Waals surface area (Å²) in [5.41, 5.74) is 6.43. The van der Waals surface area contributed by atoms with Crippen molar-refractivity contribution in [1.29, 1.82) is 0 Å². The zero-order valence-electron chi connectivity index (χ0n) is 23.3. The van der Waals surface area contributed by atoms with Gasteiger partial charge in [-0.25, -0.2) is 9.97 Å². The molecule has 4 rings (SSSR count). The number of aromatic nitrogens is 3. The Bertz CT molecular complexity index is 899. The molecule has 0 aliphatic carbocycles. The van der Waals surface area contributed by atoms with Crippen molar-refractivity contribution in [3.8, 4) is 0 Å². The van der Waals surface area contributed by atoms with Crippen molar-refractivity contribution in [1.82, 2.24) is 24.8 Å². The molecule has 12 nitrogen and oxygen atoms in total. The predicted octanol–water partition coefficient (Wildman–Crippen LogP) is 1.52. The predicted molar refractivity (Wildman–Crippen MR) is 143 cm³/mol. The van der Waals surface area contributed by atoms with Gasteiger partial charge < -0.3 is 40.0 Å². The number of nitrogens with two attached hydrogens (primary N) is 1. The van der Waals surface area contributed by atoms with E-state index in [0.717, 1.165) is 56.7 Å². The van der Waals surface area contributed by atoms with E-state index in [2.05, 4.69) is 29.5 Å². The number of aliphatic hydroxyl groups is 2. The Morgan fingerprint density at radius 1 is 1.16 bits per heavy atom. The van der Waals surface area contributed by atoms with Gasteiger partial charge in [0, 0.05) is 25.8 Å². The Hall–Kier alpha value is -2.35. The molecule has 0 saturated carbocycles. The van der Waals surface area contributed by atoms with Gasteiger partial charge in [-0.15, -0.1) is 0 Å². The number of nitrogens with zero attached hydrogens (tertiary/aromatic N) is 4. The van der Waals surface area contributed by atoms with Crippen molar-refractivity contribution in [2.24, 2.45) is 0 Å². The van der Waals surface area contributed by atoms with Crippen molar-refractivity contribution in [2.75, 3.05) is 52.7 Å². The van der Waals surface area contributed by atoms with E-state index in [1.165, 1.54) is 20.2 Å². The van der Waals surface area contributed by atoms with Crippen LogP contribution < -0.4 is 11.1 Å². The SMILES string of the molecule is CC(C)(C)OC=O.CC(C)(O)O.CNC.Nc1ncnc2c1ccn2C1CCC(CN2CCOCC2)O1. The van der Waals surface area contributed by atoms with Crippen LogP contribution >= 0.6 is 0 Å². The number of nitrogen functional groups attached to an aromatic ring is 1. The normalized spacial score (nSPS) is 20.0. The number of hydrogen-bond donors (Lipinski definition) is 4. The molecule has 2 aromatic heterocycles. The molecule has 0 bridgehead atoms. The first-order chi connectivity index (χ1) is 17.3. The number of anilines is 1. The maximum Gasteiger partial charge on any atom is 0.293 e. The maximum absolute atomic E-state index is 9.60. The van der Waals surface area contributed by atoms with Crippen molar-refractivity contribution in [3.63, 3.8) is 0 Å². The summed E-state index contributed by atoms with van der Waals surface area (Å²) in [7, 11) is 3.75. The molecular formula is C25H46N6O6. The van der Waals surface area contributed by atoms with E-state index in [1.807, 2.05) is 47.1 Å². The third-order valence-corrected chi connectivity index (χ3v) is 4.90. The van der Waals surface area contributed by atoms with E-state index >= 15 is 0 Å². The van der Waals surface area contributed by atoms with E-state index in [4.69, 9.17) is 25.4 Å². The molecule has 0 spiro atoms. The highest BCUT2D eigenvalue weighted by molar-refractivity contribution is 5.86. The highest BCUT2D eigenvalue weighted by Crippen LogP contribution is 2.32. The third kappa shape index (κ3) is 13.7. The molecule has 2 saturated heterocycles. The summed E-state index contributed by atoms with van der Waals surface area (Å²) in [6, 6.07) is 1.96. The lowest BCUT2D eigenvalue weighted by molar-refractivity contribution is -0.138. The average molecular weight is 527 g/mol. The largest absolute Gasteiger partial charge is 0.462 e. The molecule has 2 aromatic rings. The van der Waals surface area contributed by atoms with Crippen molar-refractivity contribution >= 4 is 23.3 Å². The van der Waals surface area contributed by atoms with E-state index in [9.17, 15) is 4.79 Å². The Morgan fingerprint density at radius 3 is 2.27 bits per heavy atom. The van der Waals surface area contributed by atoms with Crippen LogP contribution in [0.2, 0.25) is 0 Å². The second kappa shape index (κ2) is 15.8. The van der Waals surface area contributed by atoms with Crippen molar-refractivity contribution in [2.45, 2.75) is 71.2 Å². The fourth-order valence-corrected chi connectivity index (χ4v) is 3.46. The van der Waals surface area contributed by atoms with Gasteiger partial charge in [0.25, 0.3) is 6.47 Å². The first-order valence-corrected chi connectivity index (χ1v) is 12.5. The number of hydrogen-bond acceptors (Lipinski definition) is 11. The molecule has 2 unspecified atom stereocenters. The molecule has 5 N–H and O–H groups in total. The molecule has 4 heterocycles. The molecular weight excluding hydrogens is 480 g/mol. The standard InChI is InChI=1S/C15H21N5O2.C5H10O2.C3H8O2.C2H7N/c16-14-12-3-4-20(15(12)18-10-17-14)13-2-1-11(22-13)9-19-5-7-21-8-6-19;1-5(2,3)7-4-6;1-3(2,4)5;1-3-2/h3-4,10-11,13H,1-2,5-9H2,(H2,16,17,18);4H,1-3H3;4-5H,1-2H3;3H,1-2H3. The van der Waals surface area contributed by atoms with Crippen LogP contribution in [-0.4, -0.2) is 101 Å². The molecule has 2 fully saturated rings. The minimum Gasteiger partial charge on any atom is -0.462 e. The van der Waals surface area contributed by atoms with E-state index < -0.39 is 5.79 Å². The number of ether oxygens (including phenoxy) is 3. The molecule has 2 atom stereocenters. The first kappa shape index (κ1) is 32.7. The lowest BCUT2D eigenvalue weighted by atomic mass is 10.2. The summed E-state index contributed by atoms with van der Waals surface area (Å²) >= 11 is 0. The molecule has 12 heteroatoms. The zero-order valence-corrected chi connectivity index (χ0v) is 23.3. The van der Waals surface area contributed by atoms with Gasteiger partial charge >= 0.3 is 0 Å². The number of nitrogens with one attached hydrogen (secondary N) is 1. The minimum atomic E-state index is -1.50. The summed E-state index contributed by atoms with van der Waals surface area (Å²) in [5.74, 6) is -0.980. The van der Waals surface area contributed by atoms with E-state index in [0.29, 0.717) is 12.3 Å². The van der Waals surface area contributed by atoms with Gasteiger partial charge in [0.15, 0.2) is 5.79 Å². The van der Waals surface area contributed by atoms with Crippen molar-refractivity contribution < 1.29 is 29.2 Å². The Kier molecular flexibility index (Phi) is 14.0. The fourth-order valence-electron chi connectivity index (χ4n) is 3.46. The second-order valence-electron chi connectivity index (χ2n) is 10.2. The van der Waals surface area contributed by atoms with Crippen LogP contribution in [0.4, 0.5) is 5.82 Å². The molecule has 2 aliphatic heterocycles. The van der Waals surface area contributed by atoms with Crippen LogP contribution in [-0.2, 0) is 19.0 Å². The van der Waals surface area contributed by atoms with Crippen LogP contribution in [0.1, 0.15) is 53.7 Å². The number of rotatable bonds is 4. The van der Waals surface area contributed by atoms with E-state index in [-0.39, 0.29) is 17.9 Å². The maximum atomic E-state index is 9.60. The van der Waals surface area contributed by atoms with Crippen LogP contribution in [0.3, 0.4) is 0 Å². The van der Waals surface area contributed by atoms with Gasteiger partial charge in [-0.3, -0.25) is 9.69 Å². The van der Waals surface area contributed by atoms with Gasteiger partial charge in [-0.1, -0.05) is 0 Å². The fraction of sp³-hybridized carbons (Fsp3) is 0.720. The van der Waals surface area contributed by atoms with Crippen LogP contribution in [0.25, 0.3) is 11.0 Å². The quantitative estimate of drug-likeness (QED) is 0.338. The lowest BCUT2D eigenvalue weighted by Crippen LogP contribution is -2.40. The van der Waals surface area contributed by atoms with Crippen LogP contribution in [0.15, 0.2) is 18.6 Å². The minimum absolute atomic E-state index is 0.0397. The van der Waals surface area contributed by atoms with Gasteiger partial charge in [0.05, 0.1) is 24.7 Å². The number of carbonyl (C=O) groups is 1.